The van der Waals surface area contributed by atoms with Crippen molar-refractivity contribution in [3.63, 3.8) is 0 Å². The van der Waals surface area contributed by atoms with Crippen LogP contribution in [0.25, 0.3) is 0 Å². The number of halogens is 1. The molecular formula is C14H23ClN2O. The fourth-order valence-corrected chi connectivity index (χ4v) is 2.08. The second-order valence-electron chi connectivity index (χ2n) is 4.82. The molecule has 4 heteroatoms. The molecule has 3 nitrogen and oxygen atoms in total. The van der Waals surface area contributed by atoms with Gasteiger partial charge in [-0.3, -0.25) is 4.90 Å². The van der Waals surface area contributed by atoms with Crippen LogP contribution in [-0.4, -0.2) is 48.6 Å². The van der Waals surface area contributed by atoms with Gasteiger partial charge in [0.25, 0.3) is 0 Å². The van der Waals surface area contributed by atoms with Gasteiger partial charge in [-0.05, 0) is 39.2 Å². The molecule has 0 atom stereocenters. The van der Waals surface area contributed by atoms with Gasteiger partial charge < -0.3 is 10.0 Å². The Morgan fingerprint density at radius 1 is 1.17 bits per heavy atom. The molecule has 0 unspecified atom stereocenters. The molecule has 0 heterocycles. The minimum absolute atomic E-state index is 0.286. The molecule has 0 spiro atoms. The molecule has 1 aromatic carbocycles. The quantitative estimate of drug-likeness (QED) is 0.825. The molecular weight excluding hydrogens is 248 g/mol. The van der Waals surface area contributed by atoms with Gasteiger partial charge in [-0.15, -0.1) is 0 Å². The molecule has 0 amide bonds. The number of phenolic OH excluding ortho intramolecular Hbond substituents is 1. The van der Waals surface area contributed by atoms with Crippen LogP contribution >= 0.6 is 11.6 Å². The van der Waals surface area contributed by atoms with Gasteiger partial charge in [-0.25, -0.2) is 0 Å². The van der Waals surface area contributed by atoms with Crippen molar-refractivity contribution in [1.29, 1.82) is 0 Å². The minimum Gasteiger partial charge on any atom is -0.508 e. The molecule has 1 N–H and O–H groups in total. The van der Waals surface area contributed by atoms with E-state index in [1.807, 2.05) is 6.07 Å². The maximum Gasteiger partial charge on any atom is 0.121 e. The van der Waals surface area contributed by atoms with E-state index < -0.39 is 0 Å². The summed E-state index contributed by atoms with van der Waals surface area (Å²) in [6.45, 7) is 5.86. The highest BCUT2D eigenvalue weighted by Gasteiger charge is 2.11. The number of aromatic hydroxyl groups is 1. The first-order valence-electron chi connectivity index (χ1n) is 6.38. The molecule has 0 saturated heterocycles. The monoisotopic (exact) mass is 270 g/mol. The number of nitrogens with zero attached hydrogens (tertiary/aromatic N) is 2. The lowest BCUT2D eigenvalue weighted by Crippen LogP contribution is -2.32. The zero-order chi connectivity index (χ0) is 13.5. The summed E-state index contributed by atoms with van der Waals surface area (Å²) in [6.07, 6.45) is 1.10. The normalized spacial score (nSPS) is 11.4. The molecule has 0 bridgehead atoms. The number of hydrogen-bond donors (Lipinski definition) is 1. The largest absolute Gasteiger partial charge is 0.508 e. The molecule has 0 aliphatic heterocycles. The summed E-state index contributed by atoms with van der Waals surface area (Å²) >= 11 is 6.14. The van der Waals surface area contributed by atoms with E-state index in [1.54, 1.807) is 12.1 Å². The fourth-order valence-electron chi connectivity index (χ4n) is 1.85. The molecule has 0 radical (unpaired) electrons. The van der Waals surface area contributed by atoms with Crippen molar-refractivity contribution in [3.8, 4) is 5.75 Å². The number of phenols is 1. The molecule has 0 aromatic heterocycles. The predicted molar refractivity (Wildman–Crippen MR) is 77.2 cm³/mol. The lowest BCUT2D eigenvalue weighted by Gasteiger charge is -2.24. The summed E-state index contributed by atoms with van der Waals surface area (Å²) in [5.74, 6) is 0.286. The van der Waals surface area contributed by atoms with Crippen molar-refractivity contribution >= 4 is 11.6 Å². The van der Waals surface area contributed by atoms with Crippen LogP contribution in [0.15, 0.2) is 18.2 Å². The third kappa shape index (κ3) is 4.84. The van der Waals surface area contributed by atoms with Gasteiger partial charge in [0.1, 0.15) is 5.75 Å². The zero-order valence-electron chi connectivity index (χ0n) is 11.5. The van der Waals surface area contributed by atoms with Crippen LogP contribution in [0.1, 0.15) is 18.9 Å². The Morgan fingerprint density at radius 2 is 1.89 bits per heavy atom. The average molecular weight is 271 g/mol. The van der Waals surface area contributed by atoms with Crippen molar-refractivity contribution in [2.24, 2.45) is 0 Å². The van der Waals surface area contributed by atoms with Gasteiger partial charge in [0.2, 0.25) is 0 Å². The Bertz CT molecular complexity index is 349. The SMILES string of the molecule is CCCN(CCN(C)C)Cc1c(O)cccc1Cl. The molecule has 18 heavy (non-hydrogen) atoms. The summed E-state index contributed by atoms with van der Waals surface area (Å²) < 4.78 is 0. The van der Waals surface area contributed by atoms with Crippen molar-refractivity contribution in [1.82, 2.24) is 9.80 Å². The molecule has 0 saturated carbocycles. The lowest BCUT2D eigenvalue weighted by molar-refractivity contribution is 0.232. The number of hydrogen-bond acceptors (Lipinski definition) is 3. The van der Waals surface area contributed by atoms with Gasteiger partial charge in [-0.1, -0.05) is 24.6 Å². The van der Waals surface area contributed by atoms with E-state index in [-0.39, 0.29) is 5.75 Å². The van der Waals surface area contributed by atoms with E-state index in [0.717, 1.165) is 31.6 Å². The summed E-state index contributed by atoms with van der Waals surface area (Å²) in [6, 6.07) is 5.29. The van der Waals surface area contributed by atoms with Gasteiger partial charge in [-0.2, -0.15) is 0 Å². The van der Waals surface area contributed by atoms with Gasteiger partial charge >= 0.3 is 0 Å². The number of benzene rings is 1. The highest BCUT2D eigenvalue weighted by Crippen LogP contribution is 2.26. The second-order valence-corrected chi connectivity index (χ2v) is 5.22. The fraction of sp³-hybridized carbons (Fsp3) is 0.571. The summed E-state index contributed by atoms with van der Waals surface area (Å²) in [7, 11) is 4.13. The lowest BCUT2D eigenvalue weighted by atomic mass is 10.2. The predicted octanol–water partition coefficient (Wildman–Crippen LogP) is 2.82. The first-order valence-corrected chi connectivity index (χ1v) is 6.75. The van der Waals surface area contributed by atoms with Crippen LogP contribution in [0.3, 0.4) is 0 Å². The maximum atomic E-state index is 9.86. The van der Waals surface area contributed by atoms with Crippen molar-refractivity contribution in [3.05, 3.63) is 28.8 Å². The Kier molecular flexibility index (Phi) is 6.47. The maximum absolute atomic E-state index is 9.86. The number of likely N-dealkylation sites (N-methyl/N-ethyl adjacent to an activating group) is 1. The summed E-state index contributed by atoms with van der Waals surface area (Å²) in [5.41, 5.74) is 0.825. The van der Waals surface area contributed by atoms with E-state index in [4.69, 9.17) is 11.6 Å². The summed E-state index contributed by atoms with van der Waals surface area (Å²) in [4.78, 5) is 4.48. The third-order valence-corrected chi connectivity index (χ3v) is 3.23. The minimum atomic E-state index is 0.286. The van der Waals surface area contributed by atoms with Crippen LogP contribution in [-0.2, 0) is 6.54 Å². The Labute approximate surface area is 115 Å². The first kappa shape index (κ1) is 15.3. The van der Waals surface area contributed by atoms with E-state index in [0.29, 0.717) is 11.6 Å². The van der Waals surface area contributed by atoms with Gasteiger partial charge in [0, 0.05) is 30.2 Å². The topological polar surface area (TPSA) is 26.7 Å². The first-order chi connectivity index (χ1) is 8.54. The third-order valence-electron chi connectivity index (χ3n) is 2.88. The standard InChI is InChI=1S/C14H23ClN2O/c1-4-8-17(10-9-16(2)3)11-12-13(15)6-5-7-14(12)18/h5-7,18H,4,8-11H2,1-3H3. The second kappa shape index (κ2) is 7.62. The van der Waals surface area contributed by atoms with E-state index in [2.05, 4.69) is 30.8 Å². The highest BCUT2D eigenvalue weighted by atomic mass is 35.5. The van der Waals surface area contributed by atoms with Gasteiger partial charge in [0.15, 0.2) is 0 Å². The molecule has 1 rings (SSSR count). The Morgan fingerprint density at radius 3 is 2.44 bits per heavy atom. The van der Waals surface area contributed by atoms with Crippen LogP contribution in [0.4, 0.5) is 0 Å². The van der Waals surface area contributed by atoms with Gasteiger partial charge in [0.05, 0.1) is 0 Å². The molecule has 1 aromatic rings. The number of rotatable bonds is 7. The Hall–Kier alpha value is -0.770. The average Bonchev–Trinajstić information content (AvgIpc) is 2.30. The molecule has 0 aliphatic rings. The highest BCUT2D eigenvalue weighted by molar-refractivity contribution is 6.31. The van der Waals surface area contributed by atoms with Crippen LogP contribution in [0.5, 0.6) is 5.75 Å². The van der Waals surface area contributed by atoms with Crippen molar-refractivity contribution < 1.29 is 5.11 Å². The van der Waals surface area contributed by atoms with Crippen LogP contribution < -0.4 is 0 Å². The van der Waals surface area contributed by atoms with E-state index >= 15 is 0 Å². The zero-order valence-corrected chi connectivity index (χ0v) is 12.2. The van der Waals surface area contributed by atoms with E-state index in [9.17, 15) is 5.11 Å². The van der Waals surface area contributed by atoms with Crippen LogP contribution in [0.2, 0.25) is 5.02 Å². The Balaban J connectivity index is 2.70. The summed E-state index contributed by atoms with van der Waals surface area (Å²) in [5, 5.41) is 10.5. The molecule has 0 aliphatic carbocycles. The smallest absolute Gasteiger partial charge is 0.121 e. The molecule has 102 valence electrons. The van der Waals surface area contributed by atoms with Crippen molar-refractivity contribution in [2.45, 2.75) is 19.9 Å². The van der Waals surface area contributed by atoms with Crippen molar-refractivity contribution in [2.75, 3.05) is 33.7 Å². The van der Waals surface area contributed by atoms with E-state index in [1.165, 1.54) is 0 Å². The van der Waals surface area contributed by atoms with Crippen LogP contribution in [0, 0.1) is 0 Å². The molecule has 0 fully saturated rings.